The van der Waals surface area contributed by atoms with Gasteiger partial charge in [0.25, 0.3) is 0 Å². The Morgan fingerprint density at radius 1 is 1.17 bits per heavy atom. The van der Waals surface area contributed by atoms with Crippen LogP contribution in [-0.2, 0) is 14.2 Å². The molecule has 29 heavy (non-hydrogen) atoms. The predicted molar refractivity (Wildman–Crippen MR) is 90.7 cm³/mol. The zero-order chi connectivity index (χ0) is 20.6. The summed E-state index contributed by atoms with van der Waals surface area (Å²) >= 11 is 0. The molecular weight excluding hydrogens is 399 g/mol. The minimum Gasteiger partial charge on any atom is -0.387 e. The third-order valence-corrected chi connectivity index (χ3v) is 4.94. The highest BCUT2D eigenvalue weighted by atomic mass is 19.4. The molecule has 13 heteroatoms. The molecule has 0 aromatic carbocycles. The van der Waals surface area contributed by atoms with E-state index in [1.54, 1.807) is 0 Å². The van der Waals surface area contributed by atoms with Crippen molar-refractivity contribution in [2.75, 3.05) is 25.1 Å². The first-order valence-corrected chi connectivity index (χ1v) is 9.07. The Morgan fingerprint density at radius 2 is 1.93 bits per heavy atom. The Bertz CT molecular complexity index is 844. The number of alkyl halides is 3. The fourth-order valence-corrected chi connectivity index (χ4v) is 3.45. The molecule has 0 aliphatic carbocycles. The summed E-state index contributed by atoms with van der Waals surface area (Å²) in [5.74, 6) is 0.491. The highest BCUT2D eigenvalue weighted by Gasteiger charge is 2.46. The number of fused-ring (bicyclic) bond motifs is 1. The van der Waals surface area contributed by atoms with Crippen molar-refractivity contribution in [3.8, 4) is 0 Å². The SMILES string of the molecule is OC1C(O)[C@@H](COC(F)(F)F)O[C@H]1n1cnc2c(NC3CCOCC3)ncnc21. The summed E-state index contributed by atoms with van der Waals surface area (Å²) in [6, 6.07) is 0.158. The maximum absolute atomic E-state index is 12.3. The molecule has 10 nitrogen and oxygen atoms in total. The van der Waals surface area contributed by atoms with E-state index >= 15 is 0 Å². The van der Waals surface area contributed by atoms with Crippen molar-refractivity contribution in [2.45, 2.75) is 49.8 Å². The van der Waals surface area contributed by atoms with Gasteiger partial charge in [-0.15, -0.1) is 13.2 Å². The molecule has 0 radical (unpaired) electrons. The molecular formula is C16H20F3N5O5. The summed E-state index contributed by atoms with van der Waals surface area (Å²) in [7, 11) is 0. The van der Waals surface area contributed by atoms with Crippen molar-refractivity contribution >= 4 is 17.0 Å². The Hall–Kier alpha value is -2.06. The Kier molecular flexibility index (Phi) is 5.57. The number of imidazole rings is 1. The molecule has 0 saturated carbocycles. The topological polar surface area (TPSA) is 124 Å². The smallest absolute Gasteiger partial charge is 0.387 e. The van der Waals surface area contributed by atoms with Crippen LogP contribution in [0.1, 0.15) is 19.1 Å². The minimum absolute atomic E-state index is 0.158. The summed E-state index contributed by atoms with van der Waals surface area (Å²) in [4.78, 5) is 12.6. The van der Waals surface area contributed by atoms with Crippen LogP contribution in [0.15, 0.2) is 12.7 Å². The summed E-state index contributed by atoms with van der Waals surface area (Å²) in [6.07, 6.45) is -6.21. The van der Waals surface area contributed by atoms with E-state index in [-0.39, 0.29) is 6.04 Å². The Morgan fingerprint density at radius 3 is 2.66 bits per heavy atom. The number of aliphatic hydroxyl groups excluding tert-OH is 2. The van der Waals surface area contributed by atoms with Crippen LogP contribution < -0.4 is 5.32 Å². The number of anilines is 1. The lowest BCUT2D eigenvalue weighted by Gasteiger charge is -2.23. The third kappa shape index (κ3) is 4.28. The summed E-state index contributed by atoms with van der Waals surface area (Å²) < 4.78 is 52.7. The van der Waals surface area contributed by atoms with Gasteiger partial charge in [-0.2, -0.15) is 0 Å². The van der Waals surface area contributed by atoms with E-state index in [2.05, 4.69) is 25.0 Å². The first-order chi connectivity index (χ1) is 13.8. The first-order valence-electron chi connectivity index (χ1n) is 9.07. The molecule has 2 aromatic rings. The number of nitrogens with one attached hydrogen (secondary N) is 1. The first kappa shape index (κ1) is 20.2. The van der Waals surface area contributed by atoms with Crippen molar-refractivity contribution in [1.29, 1.82) is 0 Å². The number of ether oxygens (including phenoxy) is 3. The molecule has 0 spiro atoms. The zero-order valence-electron chi connectivity index (χ0n) is 15.1. The monoisotopic (exact) mass is 419 g/mol. The number of rotatable bonds is 5. The number of hydrogen-bond donors (Lipinski definition) is 3. The molecule has 2 saturated heterocycles. The van der Waals surface area contributed by atoms with E-state index in [0.717, 1.165) is 12.8 Å². The van der Waals surface area contributed by atoms with Gasteiger partial charge in [0.2, 0.25) is 0 Å². The van der Waals surface area contributed by atoms with Crippen molar-refractivity contribution in [1.82, 2.24) is 19.5 Å². The van der Waals surface area contributed by atoms with Gasteiger partial charge < -0.3 is 25.0 Å². The lowest BCUT2D eigenvalue weighted by atomic mass is 10.1. The molecule has 0 amide bonds. The van der Waals surface area contributed by atoms with Gasteiger partial charge in [-0.3, -0.25) is 9.30 Å². The van der Waals surface area contributed by atoms with Crippen molar-refractivity contribution in [3.63, 3.8) is 0 Å². The molecule has 4 atom stereocenters. The van der Waals surface area contributed by atoms with Gasteiger partial charge in [0.1, 0.15) is 24.6 Å². The van der Waals surface area contributed by atoms with Gasteiger partial charge in [-0.1, -0.05) is 0 Å². The van der Waals surface area contributed by atoms with Gasteiger partial charge in [0, 0.05) is 19.3 Å². The highest BCUT2D eigenvalue weighted by Crippen LogP contribution is 2.33. The van der Waals surface area contributed by atoms with E-state index in [4.69, 9.17) is 9.47 Å². The average Bonchev–Trinajstić information content (AvgIpc) is 3.23. The van der Waals surface area contributed by atoms with E-state index in [9.17, 15) is 23.4 Å². The summed E-state index contributed by atoms with van der Waals surface area (Å²) in [5, 5.41) is 23.6. The van der Waals surface area contributed by atoms with Crippen LogP contribution >= 0.6 is 0 Å². The largest absolute Gasteiger partial charge is 0.522 e. The lowest BCUT2D eigenvalue weighted by Crippen LogP contribution is -2.35. The van der Waals surface area contributed by atoms with E-state index in [0.29, 0.717) is 30.2 Å². The molecule has 4 rings (SSSR count). The molecule has 2 unspecified atom stereocenters. The van der Waals surface area contributed by atoms with Gasteiger partial charge in [0.15, 0.2) is 23.2 Å². The summed E-state index contributed by atoms with van der Waals surface area (Å²) in [6.45, 7) is 0.333. The normalized spacial score (nSPS) is 28.9. The van der Waals surface area contributed by atoms with Crippen LogP contribution in [0.5, 0.6) is 0 Å². The average molecular weight is 419 g/mol. The zero-order valence-corrected chi connectivity index (χ0v) is 15.1. The van der Waals surface area contributed by atoms with Gasteiger partial charge >= 0.3 is 6.36 Å². The Labute approximate surface area is 162 Å². The molecule has 2 aromatic heterocycles. The number of hydrogen-bond acceptors (Lipinski definition) is 9. The standard InChI is InChI=1S/C16H20F3N5O5/c17-16(18,19)28-5-9-11(25)12(26)15(29-9)24-7-22-10-13(20-6-21-14(10)24)23-8-1-3-27-4-2-8/h6-9,11-12,15,25-26H,1-5H2,(H,20,21,23)/t9-,11?,12?,15-/m1/s1. The van der Waals surface area contributed by atoms with Gasteiger partial charge in [-0.05, 0) is 12.8 Å². The number of aliphatic hydroxyl groups is 2. The fraction of sp³-hybridized carbons (Fsp3) is 0.688. The second-order valence-corrected chi connectivity index (χ2v) is 6.88. The molecule has 2 aliphatic rings. The second-order valence-electron chi connectivity index (χ2n) is 6.88. The molecule has 3 N–H and O–H groups in total. The fourth-order valence-electron chi connectivity index (χ4n) is 3.45. The van der Waals surface area contributed by atoms with E-state index in [1.165, 1.54) is 17.2 Å². The maximum Gasteiger partial charge on any atom is 0.522 e. The van der Waals surface area contributed by atoms with Crippen molar-refractivity contribution in [2.24, 2.45) is 0 Å². The van der Waals surface area contributed by atoms with Crippen molar-refractivity contribution < 1.29 is 37.6 Å². The van der Waals surface area contributed by atoms with Crippen LogP contribution in [0.25, 0.3) is 11.2 Å². The number of nitrogens with zero attached hydrogens (tertiary/aromatic N) is 4. The minimum atomic E-state index is -4.87. The maximum atomic E-state index is 12.3. The van der Waals surface area contributed by atoms with E-state index < -0.39 is 37.5 Å². The molecule has 160 valence electrons. The molecule has 0 bridgehead atoms. The quantitative estimate of drug-likeness (QED) is 0.638. The number of aromatic nitrogens is 4. The third-order valence-electron chi connectivity index (χ3n) is 4.94. The molecule has 4 heterocycles. The summed E-state index contributed by atoms with van der Waals surface area (Å²) in [5.41, 5.74) is 0.725. The van der Waals surface area contributed by atoms with Gasteiger partial charge in [-0.25, -0.2) is 15.0 Å². The lowest BCUT2D eigenvalue weighted by molar-refractivity contribution is -0.333. The van der Waals surface area contributed by atoms with Gasteiger partial charge in [0.05, 0.1) is 12.9 Å². The van der Waals surface area contributed by atoms with Crippen LogP contribution in [0.2, 0.25) is 0 Å². The molecule has 2 aliphatic heterocycles. The predicted octanol–water partition coefficient (Wildman–Crippen LogP) is 0.573. The number of halogens is 3. The van der Waals surface area contributed by atoms with Crippen LogP contribution in [-0.4, -0.2) is 80.3 Å². The Balaban J connectivity index is 1.54. The second kappa shape index (κ2) is 7.99. The van der Waals surface area contributed by atoms with Crippen molar-refractivity contribution in [3.05, 3.63) is 12.7 Å². The molecule has 2 fully saturated rings. The van der Waals surface area contributed by atoms with Crippen LogP contribution in [0, 0.1) is 0 Å². The van der Waals surface area contributed by atoms with Crippen LogP contribution in [0.3, 0.4) is 0 Å². The highest BCUT2D eigenvalue weighted by molar-refractivity contribution is 5.82. The van der Waals surface area contributed by atoms with E-state index in [1.807, 2.05) is 0 Å². The van der Waals surface area contributed by atoms with Crippen LogP contribution in [0.4, 0.5) is 19.0 Å².